The molecule has 0 aromatic carbocycles. The molecule has 0 bridgehead atoms. The lowest BCUT2D eigenvalue weighted by Gasteiger charge is -2.19. The van der Waals surface area contributed by atoms with E-state index in [1.54, 1.807) is 18.0 Å². The Morgan fingerprint density at radius 3 is 2.65 bits per heavy atom. The van der Waals surface area contributed by atoms with Gasteiger partial charge in [0.05, 0.1) is 12.3 Å². The number of thioether (sulfide) groups is 1. The third-order valence-electron chi connectivity index (χ3n) is 2.63. The van der Waals surface area contributed by atoms with E-state index in [1.807, 2.05) is 25.1 Å². The molecule has 0 spiro atoms. The molecule has 0 aliphatic carbocycles. The van der Waals surface area contributed by atoms with Crippen molar-refractivity contribution in [2.75, 3.05) is 0 Å². The van der Waals surface area contributed by atoms with Gasteiger partial charge in [0.25, 0.3) is 0 Å². The van der Waals surface area contributed by atoms with Gasteiger partial charge >= 0.3 is 0 Å². The maximum atomic E-state index is 5.79. The number of nitrogens with zero attached hydrogens (tertiary/aromatic N) is 2. The Morgan fingerprint density at radius 2 is 1.95 bits per heavy atom. The molecule has 0 saturated heterocycles. The second kappa shape index (κ2) is 6.41. The van der Waals surface area contributed by atoms with Crippen molar-refractivity contribution < 1.29 is 4.42 Å². The molecule has 5 heteroatoms. The van der Waals surface area contributed by atoms with Gasteiger partial charge in [-0.25, -0.2) is 9.97 Å². The Hall–Kier alpha value is -1.33. The zero-order chi connectivity index (χ0) is 14.6. The summed E-state index contributed by atoms with van der Waals surface area (Å²) in [4.78, 5) is 8.59. The molecular formula is C15H21N3OS. The fourth-order valence-electron chi connectivity index (χ4n) is 1.58. The molecular weight excluding hydrogens is 270 g/mol. The number of aryl methyl sites for hydroxylation is 1. The zero-order valence-electron chi connectivity index (χ0n) is 12.4. The molecule has 20 heavy (non-hydrogen) atoms. The van der Waals surface area contributed by atoms with Crippen molar-refractivity contribution in [2.45, 2.75) is 50.7 Å². The third kappa shape index (κ3) is 4.98. The van der Waals surface area contributed by atoms with Crippen molar-refractivity contribution in [3.63, 3.8) is 0 Å². The van der Waals surface area contributed by atoms with E-state index in [0.717, 1.165) is 34.7 Å². The molecule has 0 aliphatic heterocycles. The summed E-state index contributed by atoms with van der Waals surface area (Å²) < 4.78 is 5.79. The van der Waals surface area contributed by atoms with Crippen molar-refractivity contribution in [1.29, 1.82) is 0 Å². The molecule has 1 N–H and O–H groups in total. The summed E-state index contributed by atoms with van der Waals surface area (Å²) in [5, 5.41) is 4.20. The van der Waals surface area contributed by atoms with Crippen LogP contribution in [0.4, 0.5) is 0 Å². The molecule has 0 saturated carbocycles. The van der Waals surface area contributed by atoms with E-state index < -0.39 is 0 Å². The van der Waals surface area contributed by atoms with Crippen molar-refractivity contribution in [1.82, 2.24) is 15.3 Å². The molecule has 0 atom stereocenters. The summed E-state index contributed by atoms with van der Waals surface area (Å²) in [5.74, 6) is 2.66. The van der Waals surface area contributed by atoms with E-state index in [-0.39, 0.29) is 5.54 Å². The standard InChI is InChI=1S/C15H21N3OS/c1-11-7-8-16-14(18-11)20-10-13-6-5-12(19-13)9-17-15(2,3)4/h5-8,17H,9-10H2,1-4H3. The summed E-state index contributed by atoms with van der Waals surface area (Å²) in [6, 6.07) is 5.93. The first kappa shape index (κ1) is 15.1. The van der Waals surface area contributed by atoms with Crippen molar-refractivity contribution in [2.24, 2.45) is 0 Å². The van der Waals surface area contributed by atoms with Gasteiger partial charge in [-0.1, -0.05) is 11.8 Å². The van der Waals surface area contributed by atoms with E-state index in [2.05, 4.69) is 36.1 Å². The lowest BCUT2D eigenvalue weighted by Crippen LogP contribution is -2.34. The number of nitrogens with one attached hydrogen (secondary N) is 1. The molecule has 108 valence electrons. The predicted molar refractivity (Wildman–Crippen MR) is 81.6 cm³/mol. The van der Waals surface area contributed by atoms with E-state index in [9.17, 15) is 0 Å². The van der Waals surface area contributed by atoms with Gasteiger partial charge < -0.3 is 9.73 Å². The Balaban J connectivity index is 1.87. The summed E-state index contributed by atoms with van der Waals surface area (Å²) in [7, 11) is 0. The molecule has 2 heterocycles. The van der Waals surface area contributed by atoms with E-state index in [0.29, 0.717) is 0 Å². The molecule has 2 aromatic rings. The molecule has 0 amide bonds. The summed E-state index contributed by atoms with van der Waals surface area (Å²) >= 11 is 1.59. The van der Waals surface area contributed by atoms with Crippen LogP contribution in [0.5, 0.6) is 0 Å². The van der Waals surface area contributed by atoms with Crippen LogP contribution >= 0.6 is 11.8 Å². The fourth-order valence-corrected chi connectivity index (χ4v) is 2.35. The molecule has 2 rings (SSSR count). The second-order valence-electron chi connectivity index (χ2n) is 5.74. The van der Waals surface area contributed by atoms with Crippen LogP contribution in [0.1, 0.15) is 38.0 Å². The van der Waals surface area contributed by atoms with E-state index in [4.69, 9.17) is 4.42 Å². The number of rotatable bonds is 5. The first-order chi connectivity index (χ1) is 9.42. The van der Waals surface area contributed by atoms with Gasteiger partial charge in [0.2, 0.25) is 0 Å². The first-order valence-corrected chi connectivity index (χ1v) is 7.66. The molecule has 0 fully saturated rings. The number of aromatic nitrogens is 2. The molecule has 2 aromatic heterocycles. The largest absolute Gasteiger partial charge is 0.464 e. The predicted octanol–water partition coefficient (Wildman–Crippen LogP) is 3.56. The topological polar surface area (TPSA) is 51.0 Å². The van der Waals surface area contributed by atoms with Gasteiger partial charge in [0.1, 0.15) is 11.5 Å². The maximum Gasteiger partial charge on any atom is 0.188 e. The SMILES string of the molecule is Cc1ccnc(SCc2ccc(CNC(C)(C)C)o2)n1. The molecule has 0 radical (unpaired) electrons. The van der Waals surface area contributed by atoms with Gasteiger partial charge in [-0.05, 0) is 45.9 Å². The minimum Gasteiger partial charge on any atom is -0.464 e. The Bertz CT molecular complexity index is 560. The summed E-state index contributed by atoms with van der Waals surface area (Å²) in [6.07, 6.45) is 1.78. The smallest absolute Gasteiger partial charge is 0.188 e. The van der Waals surface area contributed by atoms with Gasteiger partial charge in [0.15, 0.2) is 5.16 Å². The van der Waals surface area contributed by atoms with E-state index in [1.165, 1.54) is 0 Å². The van der Waals surface area contributed by atoms with Gasteiger partial charge in [-0.15, -0.1) is 0 Å². The Morgan fingerprint density at radius 1 is 1.20 bits per heavy atom. The van der Waals surface area contributed by atoms with Crippen LogP contribution in [0.2, 0.25) is 0 Å². The quantitative estimate of drug-likeness (QED) is 0.674. The number of furan rings is 1. The lowest BCUT2D eigenvalue weighted by atomic mass is 10.1. The highest BCUT2D eigenvalue weighted by molar-refractivity contribution is 7.98. The lowest BCUT2D eigenvalue weighted by molar-refractivity contribution is 0.382. The highest BCUT2D eigenvalue weighted by Gasteiger charge is 2.10. The van der Waals surface area contributed by atoms with Crippen LogP contribution < -0.4 is 5.32 Å². The van der Waals surface area contributed by atoms with Crippen molar-refractivity contribution in [3.8, 4) is 0 Å². The minimum absolute atomic E-state index is 0.0944. The van der Waals surface area contributed by atoms with E-state index >= 15 is 0 Å². The highest BCUT2D eigenvalue weighted by atomic mass is 32.2. The van der Waals surface area contributed by atoms with Crippen LogP contribution in [-0.2, 0) is 12.3 Å². The maximum absolute atomic E-state index is 5.79. The Labute approximate surface area is 124 Å². The number of hydrogen-bond acceptors (Lipinski definition) is 5. The zero-order valence-corrected chi connectivity index (χ0v) is 13.3. The minimum atomic E-state index is 0.0944. The monoisotopic (exact) mass is 291 g/mol. The summed E-state index contributed by atoms with van der Waals surface area (Å²) in [5.41, 5.74) is 1.08. The van der Waals surface area contributed by atoms with Crippen molar-refractivity contribution >= 4 is 11.8 Å². The van der Waals surface area contributed by atoms with Crippen LogP contribution in [-0.4, -0.2) is 15.5 Å². The number of hydrogen-bond donors (Lipinski definition) is 1. The first-order valence-electron chi connectivity index (χ1n) is 6.67. The Kier molecular flexibility index (Phi) is 4.83. The highest BCUT2D eigenvalue weighted by Crippen LogP contribution is 2.20. The van der Waals surface area contributed by atoms with Gasteiger partial charge in [0, 0.05) is 17.4 Å². The van der Waals surface area contributed by atoms with Gasteiger partial charge in [-0.3, -0.25) is 0 Å². The average Bonchev–Trinajstić information content (AvgIpc) is 2.81. The van der Waals surface area contributed by atoms with Crippen LogP contribution in [0.15, 0.2) is 34.0 Å². The second-order valence-corrected chi connectivity index (χ2v) is 6.68. The fraction of sp³-hybridized carbons (Fsp3) is 0.467. The average molecular weight is 291 g/mol. The molecule has 4 nitrogen and oxygen atoms in total. The molecule has 0 aliphatic rings. The normalized spacial score (nSPS) is 11.8. The van der Waals surface area contributed by atoms with Crippen LogP contribution in [0.25, 0.3) is 0 Å². The van der Waals surface area contributed by atoms with Crippen LogP contribution in [0, 0.1) is 6.92 Å². The molecule has 0 unspecified atom stereocenters. The summed E-state index contributed by atoms with van der Waals surface area (Å²) in [6.45, 7) is 9.13. The van der Waals surface area contributed by atoms with Crippen LogP contribution in [0.3, 0.4) is 0 Å². The third-order valence-corrected chi connectivity index (χ3v) is 3.51. The van der Waals surface area contributed by atoms with Gasteiger partial charge in [-0.2, -0.15) is 0 Å². The van der Waals surface area contributed by atoms with Crippen molar-refractivity contribution in [3.05, 3.63) is 41.6 Å².